The van der Waals surface area contributed by atoms with Crippen molar-refractivity contribution in [3.05, 3.63) is 4.80 Å². The highest BCUT2D eigenvalue weighted by Crippen LogP contribution is 2.54. The first kappa shape index (κ1) is 23.6. The molecule has 1 aromatic heterocycles. The fourth-order valence-corrected chi connectivity index (χ4v) is 3.96. The molecule has 1 rings (SSSR count). The Morgan fingerprint density at radius 2 is 1.41 bits per heavy atom. The molecule has 0 spiro atoms. The molecule has 0 aliphatic rings. The molecule has 1 heterocycles. The number of alkyl halides is 9. The summed E-state index contributed by atoms with van der Waals surface area (Å²) < 4.78 is 160. The number of nitrogens with two attached hydrogens (primary N) is 1. The molecule has 0 radical (unpaired) electrons. The Bertz CT molecular complexity index is 1000. The Morgan fingerprint density at radius 1 is 0.963 bits per heavy atom. The van der Waals surface area contributed by atoms with E-state index >= 15 is 0 Å². The topological polar surface area (TPSA) is 124 Å². The van der Waals surface area contributed by atoms with Gasteiger partial charge in [0.15, 0.2) is 0 Å². The van der Waals surface area contributed by atoms with E-state index in [1.807, 2.05) is 4.40 Å². The van der Waals surface area contributed by atoms with Crippen LogP contribution in [0.15, 0.2) is 8.74 Å². The molecule has 0 atom stereocenters. The van der Waals surface area contributed by atoms with E-state index in [0.717, 1.165) is 0 Å². The van der Waals surface area contributed by atoms with Crippen molar-refractivity contribution in [2.45, 2.75) is 27.6 Å². The van der Waals surface area contributed by atoms with Crippen molar-refractivity contribution in [1.29, 1.82) is 0 Å². The average Bonchev–Trinajstić information content (AvgIpc) is 2.77. The number of halogens is 9. The first-order valence-electron chi connectivity index (χ1n) is 5.67. The lowest BCUT2D eigenvalue weighted by atomic mass is 10.1. The molecule has 0 saturated heterocycles. The third-order valence-corrected chi connectivity index (χ3v) is 6.31. The molecule has 1 aromatic rings. The molecule has 0 aromatic carbocycles. The van der Waals surface area contributed by atoms with Gasteiger partial charge in [-0.3, -0.25) is 0 Å². The van der Waals surface area contributed by atoms with Gasteiger partial charge in [0, 0.05) is 7.05 Å². The maximum Gasteiger partial charge on any atom is 0.460 e. The van der Waals surface area contributed by atoms with Gasteiger partial charge in [0.25, 0.3) is 10.0 Å². The standard InChI is InChI=1S/C7H5F9N4O4S3/c1-20-2(25-3(18-20)26(17,21)22)19-27(23,24)7(15,16)5(10,11)4(8,9)6(12,13)14/h1H3,(H2,17,21,22)/b19-2-. The lowest BCUT2D eigenvalue weighted by molar-refractivity contribution is -0.382. The van der Waals surface area contributed by atoms with E-state index in [2.05, 4.69) is 10.2 Å². The number of hydrogen-bond acceptors (Lipinski definition) is 6. The molecule has 0 aliphatic carbocycles. The fourth-order valence-electron chi connectivity index (χ4n) is 1.21. The molecule has 27 heavy (non-hydrogen) atoms. The number of nitrogens with zero attached hydrogens (tertiary/aromatic N) is 3. The smallest absolute Gasteiger partial charge is 0.239 e. The van der Waals surface area contributed by atoms with Crippen LogP contribution < -0.4 is 9.94 Å². The normalized spacial score (nSPS) is 16.0. The van der Waals surface area contributed by atoms with E-state index in [1.165, 1.54) is 0 Å². The van der Waals surface area contributed by atoms with Crippen molar-refractivity contribution < 1.29 is 56.3 Å². The summed E-state index contributed by atoms with van der Waals surface area (Å²) >= 11 is -0.362. The molecule has 0 aliphatic heterocycles. The molecular formula is C7H5F9N4O4S3. The molecule has 20 heteroatoms. The second-order valence-corrected chi connectivity index (χ2v) is 8.89. The molecule has 8 nitrogen and oxygen atoms in total. The molecule has 158 valence electrons. The zero-order valence-corrected chi connectivity index (χ0v) is 14.6. The molecule has 0 amide bonds. The third-order valence-electron chi connectivity index (χ3n) is 2.57. The summed E-state index contributed by atoms with van der Waals surface area (Å²) in [6, 6.07) is 0. The number of sulfonamides is 2. The number of aromatic nitrogens is 2. The predicted molar refractivity (Wildman–Crippen MR) is 67.8 cm³/mol. The second-order valence-electron chi connectivity index (χ2n) is 4.55. The second kappa shape index (κ2) is 6.30. The van der Waals surface area contributed by atoms with Gasteiger partial charge in [-0.15, -0.1) is 9.50 Å². The van der Waals surface area contributed by atoms with E-state index in [-0.39, 0.29) is 16.0 Å². The first-order chi connectivity index (χ1) is 11.6. The van der Waals surface area contributed by atoms with Crippen LogP contribution in [0, 0.1) is 0 Å². The summed E-state index contributed by atoms with van der Waals surface area (Å²) in [4.78, 5) is -1.38. The van der Waals surface area contributed by atoms with Crippen molar-refractivity contribution in [2.75, 3.05) is 0 Å². The largest absolute Gasteiger partial charge is 0.460 e. The Hall–Kier alpha value is -1.41. The Balaban J connectivity index is 3.66. The monoisotopic (exact) mass is 476 g/mol. The maximum absolute atomic E-state index is 13.5. The van der Waals surface area contributed by atoms with Crippen molar-refractivity contribution in [2.24, 2.45) is 16.6 Å². The lowest BCUT2D eigenvalue weighted by Crippen LogP contribution is -2.63. The number of hydrogen-bond donors (Lipinski definition) is 1. The van der Waals surface area contributed by atoms with E-state index in [0.29, 0.717) is 7.05 Å². The van der Waals surface area contributed by atoms with Gasteiger partial charge in [0.2, 0.25) is 9.14 Å². The van der Waals surface area contributed by atoms with Gasteiger partial charge in [-0.2, -0.15) is 47.9 Å². The minimum atomic E-state index is -7.47. The van der Waals surface area contributed by atoms with Crippen LogP contribution in [0.25, 0.3) is 0 Å². The number of primary sulfonamides is 1. The van der Waals surface area contributed by atoms with Gasteiger partial charge >= 0.3 is 33.3 Å². The van der Waals surface area contributed by atoms with E-state index in [4.69, 9.17) is 0 Å². The minimum absolute atomic E-state index is 0.123. The van der Waals surface area contributed by atoms with Crippen LogP contribution in [-0.4, -0.2) is 49.9 Å². The molecule has 0 fully saturated rings. The lowest BCUT2D eigenvalue weighted by Gasteiger charge is -2.31. The zero-order chi connectivity index (χ0) is 21.9. The summed E-state index contributed by atoms with van der Waals surface area (Å²) in [6.45, 7) is 0. The highest BCUT2D eigenvalue weighted by atomic mass is 32.2. The molecule has 2 N–H and O–H groups in total. The molecule has 0 saturated carbocycles. The summed E-state index contributed by atoms with van der Waals surface area (Å²) in [7, 11) is -11.1. The summed E-state index contributed by atoms with van der Waals surface area (Å²) in [5.41, 5.74) is 0. The highest BCUT2D eigenvalue weighted by Gasteiger charge is 2.85. The average molecular weight is 476 g/mol. The SMILES string of the molecule is Cn1nc(S(N)(=O)=O)s/c1=N\S(=O)(=O)C(F)(F)C(F)(F)C(F)(F)C(F)(F)F. The van der Waals surface area contributed by atoms with Crippen LogP contribution in [0.4, 0.5) is 39.5 Å². The van der Waals surface area contributed by atoms with Crippen LogP contribution in [0.2, 0.25) is 0 Å². The third kappa shape index (κ3) is 3.78. The predicted octanol–water partition coefficient (Wildman–Crippen LogP) is 0.785. The van der Waals surface area contributed by atoms with Crippen LogP contribution in [0.5, 0.6) is 0 Å². The van der Waals surface area contributed by atoms with Gasteiger partial charge < -0.3 is 0 Å². The van der Waals surface area contributed by atoms with Crippen molar-refractivity contribution >= 4 is 31.4 Å². The van der Waals surface area contributed by atoms with Crippen LogP contribution in [-0.2, 0) is 27.1 Å². The summed E-state index contributed by atoms with van der Waals surface area (Å²) in [5, 5.41) is 0.544. The van der Waals surface area contributed by atoms with Crippen molar-refractivity contribution in [3.63, 3.8) is 0 Å². The Morgan fingerprint density at radius 3 is 1.74 bits per heavy atom. The van der Waals surface area contributed by atoms with Crippen LogP contribution >= 0.6 is 11.3 Å². The van der Waals surface area contributed by atoms with Crippen molar-refractivity contribution in [3.8, 4) is 0 Å². The Labute approximate surface area is 147 Å². The van der Waals surface area contributed by atoms with Gasteiger partial charge in [-0.05, 0) is 0 Å². The summed E-state index contributed by atoms with van der Waals surface area (Å²) in [6.07, 6.45) is -7.23. The van der Waals surface area contributed by atoms with Gasteiger partial charge in [0.05, 0.1) is 0 Å². The van der Waals surface area contributed by atoms with Gasteiger partial charge in [-0.25, -0.2) is 18.2 Å². The van der Waals surface area contributed by atoms with E-state index in [9.17, 15) is 56.3 Å². The molecule has 0 unspecified atom stereocenters. The van der Waals surface area contributed by atoms with E-state index < -0.39 is 52.5 Å². The fraction of sp³-hybridized carbons (Fsp3) is 0.714. The molecular weight excluding hydrogens is 471 g/mol. The van der Waals surface area contributed by atoms with Crippen LogP contribution in [0.3, 0.4) is 0 Å². The zero-order valence-electron chi connectivity index (χ0n) is 12.2. The van der Waals surface area contributed by atoms with E-state index in [1.54, 1.807) is 0 Å². The minimum Gasteiger partial charge on any atom is -0.239 e. The van der Waals surface area contributed by atoms with Gasteiger partial charge in [0.1, 0.15) is 0 Å². The Kier molecular flexibility index (Phi) is 5.52. The van der Waals surface area contributed by atoms with Gasteiger partial charge in [-0.1, -0.05) is 11.3 Å². The summed E-state index contributed by atoms with van der Waals surface area (Å²) in [5.74, 6) is -14.9. The maximum atomic E-state index is 13.5. The molecule has 0 bridgehead atoms. The number of aryl methyl sites for hydroxylation is 1. The number of rotatable bonds is 5. The quantitative estimate of drug-likeness (QED) is 0.630. The first-order valence-corrected chi connectivity index (χ1v) is 9.47. The van der Waals surface area contributed by atoms with Crippen LogP contribution in [0.1, 0.15) is 0 Å². The van der Waals surface area contributed by atoms with Crippen molar-refractivity contribution in [1.82, 2.24) is 9.78 Å². The highest BCUT2D eigenvalue weighted by molar-refractivity contribution is 7.91.